The summed E-state index contributed by atoms with van der Waals surface area (Å²) in [7, 11) is 1.80. The lowest BCUT2D eigenvalue weighted by Crippen LogP contribution is -2.13. The Balaban J connectivity index is 2.35. The molecule has 0 unspecified atom stereocenters. The molecule has 2 rings (SSSR count). The van der Waals surface area contributed by atoms with E-state index >= 15 is 0 Å². The third kappa shape index (κ3) is 1.05. The molecule has 0 saturated carbocycles. The zero-order valence-corrected chi connectivity index (χ0v) is 7.58. The van der Waals surface area contributed by atoms with E-state index in [1.165, 1.54) is 11.1 Å². The number of fused-ring (bicyclic) bond motifs is 1. The highest BCUT2D eigenvalue weighted by atomic mass is 16.5. The maximum Gasteiger partial charge on any atom is 0.0677 e. The molecule has 0 aliphatic heterocycles. The van der Waals surface area contributed by atoms with E-state index in [0.29, 0.717) is 12.0 Å². The van der Waals surface area contributed by atoms with E-state index in [1.54, 1.807) is 7.11 Å². The van der Waals surface area contributed by atoms with Gasteiger partial charge in [-0.15, -0.1) is 0 Å². The Kier molecular flexibility index (Phi) is 1.89. The van der Waals surface area contributed by atoms with E-state index in [-0.39, 0.29) is 0 Å². The van der Waals surface area contributed by atoms with Crippen molar-refractivity contribution in [2.24, 2.45) is 0 Å². The maximum absolute atomic E-state index is 5.41. The quantitative estimate of drug-likeness (QED) is 0.616. The molecule has 1 aromatic carbocycles. The molecule has 2 atom stereocenters. The lowest BCUT2D eigenvalue weighted by Gasteiger charge is -2.13. The van der Waals surface area contributed by atoms with Gasteiger partial charge in [0.05, 0.1) is 6.10 Å². The van der Waals surface area contributed by atoms with Gasteiger partial charge in [0.15, 0.2) is 0 Å². The highest BCUT2D eigenvalue weighted by Crippen LogP contribution is 2.33. The second-order valence-corrected chi connectivity index (χ2v) is 3.47. The fourth-order valence-electron chi connectivity index (χ4n) is 2.05. The predicted octanol–water partition coefficient (Wildman–Crippen LogP) is 2.36. The third-order valence-corrected chi connectivity index (χ3v) is 2.83. The first-order valence-corrected chi connectivity index (χ1v) is 4.43. The average Bonchev–Trinajstić information content (AvgIpc) is 2.44. The first-order valence-electron chi connectivity index (χ1n) is 4.43. The van der Waals surface area contributed by atoms with Crippen LogP contribution in [-0.2, 0) is 11.2 Å². The number of rotatable bonds is 1. The second kappa shape index (κ2) is 2.91. The minimum atomic E-state index is 0.391. The van der Waals surface area contributed by atoms with E-state index in [2.05, 4.69) is 31.2 Å². The van der Waals surface area contributed by atoms with Gasteiger partial charge in [-0.3, -0.25) is 0 Å². The van der Waals surface area contributed by atoms with Crippen LogP contribution < -0.4 is 0 Å². The molecule has 0 spiro atoms. The molecule has 0 saturated heterocycles. The summed E-state index contributed by atoms with van der Waals surface area (Å²) in [6, 6.07) is 8.61. The molecule has 0 aromatic heterocycles. The van der Waals surface area contributed by atoms with Gasteiger partial charge in [-0.1, -0.05) is 31.2 Å². The average molecular weight is 162 g/mol. The molecule has 0 amide bonds. The highest BCUT2D eigenvalue weighted by molar-refractivity contribution is 5.36. The van der Waals surface area contributed by atoms with E-state index in [9.17, 15) is 0 Å². The molecule has 0 N–H and O–H groups in total. The van der Waals surface area contributed by atoms with Crippen molar-refractivity contribution in [3.05, 3.63) is 35.4 Å². The SMILES string of the molecule is CO[C@H]1Cc2ccccc2[C@H]1C. The minimum absolute atomic E-state index is 0.391. The van der Waals surface area contributed by atoms with Crippen molar-refractivity contribution in [2.75, 3.05) is 7.11 Å². The zero-order valence-electron chi connectivity index (χ0n) is 7.58. The lowest BCUT2D eigenvalue weighted by molar-refractivity contribution is 0.0938. The van der Waals surface area contributed by atoms with Gasteiger partial charge >= 0.3 is 0 Å². The molecular weight excluding hydrogens is 148 g/mol. The van der Waals surface area contributed by atoms with Crippen LogP contribution in [0.3, 0.4) is 0 Å². The van der Waals surface area contributed by atoms with Gasteiger partial charge in [-0.2, -0.15) is 0 Å². The number of methoxy groups -OCH3 is 1. The van der Waals surface area contributed by atoms with Gasteiger partial charge < -0.3 is 4.74 Å². The molecule has 0 bridgehead atoms. The molecule has 1 aliphatic carbocycles. The highest BCUT2D eigenvalue weighted by Gasteiger charge is 2.27. The maximum atomic E-state index is 5.41. The van der Waals surface area contributed by atoms with Gasteiger partial charge in [-0.05, 0) is 17.5 Å². The third-order valence-electron chi connectivity index (χ3n) is 2.83. The van der Waals surface area contributed by atoms with Crippen molar-refractivity contribution in [1.82, 2.24) is 0 Å². The molecule has 1 heteroatoms. The Morgan fingerprint density at radius 2 is 2.08 bits per heavy atom. The minimum Gasteiger partial charge on any atom is -0.380 e. The van der Waals surface area contributed by atoms with Crippen LogP contribution in [0.1, 0.15) is 24.0 Å². The van der Waals surface area contributed by atoms with Crippen molar-refractivity contribution in [1.29, 1.82) is 0 Å². The van der Waals surface area contributed by atoms with Crippen LogP contribution >= 0.6 is 0 Å². The molecule has 1 nitrogen and oxygen atoms in total. The number of hydrogen-bond acceptors (Lipinski definition) is 1. The summed E-state index contributed by atoms with van der Waals surface area (Å²) in [6.45, 7) is 2.24. The largest absolute Gasteiger partial charge is 0.380 e. The molecule has 0 fully saturated rings. The number of hydrogen-bond donors (Lipinski definition) is 0. The van der Waals surface area contributed by atoms with Crippen LogP contribution in [0.2, 0.25) is 0 Å². The summed E-state index contributed by atoms with van der Waals surface area (Å²) in [5, 5.41) is 0. The van der Waals surface area contributed by atoms with Crippen LogP contribution in [0, 0.1) is 0 Å². The smallest absolute Gasteiger partial charge is 0.0677 e. The standard InChI is InChI=1S/C11H14O/c1-8-10-6-4-3-5-9(10)7-11(8)12-2/h3-6,8,11H,7H2,1-2H3/t8-,11+/m1/s1. The molecule has 1 aliphatic rings. The lowest BCUT2D eigenvalue weighted by atomic mass is 10.0. The van der Waals surface area contributed by atoms with Crippen LogP contribution in [-0.4, -0.2) is 13.2 Å². The van der Waals surface area contributed by atoms with Crippen molar-refractivity contribution in [3.63, 3.8) is 0 Å². The van der Waals surface area contributed by atoms with Crippen molar-refractivity contribution in [2.45, 2.75) is 25.4 Å². The van der Waals surface area contributed by atoms with Crippen molar-refractivity contribution >= 4 is 0 Å². The molecule has 1 aromatic rings. The molecule has 64 valence electrons. The summed E-state index contributed by atoms with van der Waals surface area (Å²) < 4.78 is 5.41. The Hall–Kier alpha value is -0.820. The van der Waals surface area contributed by atoms with Gasteiger partial charge in [-0.25, -0.2) is 0 Å². The van der Waals surface area contributed by atoms with Gasteiger partial charge in [0.25, 0.3) is 0 Å². The Labute approximate surface area is 73.4 Å². The summed E-state index contributed by atoms with van der Waals surface area (Å²) >= 11 is 0. The van der Waals surface area contributed by atoms with Crippen LogP contribution in [0.15, 0.2) is 24.3 Å². The number of benzene rings is 1. The van der Waals surface area contributed by atoms with E-state index in [4.69, 9.17) is 4.74 Å². The summed E-state index contributed by atoms with van der Waals surface area (Å²) in [6.07, 6.45) is 1.47. The topological polar surface area (TPSA) is 9.23 Å². The van der Waals surface area contributed by atoms with Gasteiger partial charge in [0.1, 0.15) is 0 Å². The van der Waals surface area contributed by atoms with Crippen LogP contribution in [0.4, 0.5) is 0 Å². The fraction of sp³-hybridized carbons (Fsp3) is 0.455. The van der Waals surface area contributed by atoms with E-state index in [0.717, 1.165) is 6.42 Å². The summed E-state index contributed by atoms with van der Waals surface area (Å²) in [5.41, 5.74) is 2.92. The first-order chi connectivity index (χ1) is 5.83. The fourth-order valence-corrected chi connectivity index (χ4v) is 2.05. The molecule has 0 radical (unpaired) electrons. The van der Waals surface area contributed by atoms with Crippen LogP contribution in [0.25, 0.3) is 0 Å². The van der Waals surface area contributed by atoms with E-state index < -0.39 is 0 Å². The Morgan fingerprint density at radius 1 is 1.33 bits per heavy atom. The molecule has 12 heavy (non-hydrogen) atoms. The first kappa shape index (κ1) is 7.81. The summed E-state index contributed by atoms with van der Waals surface area (Å²) in [4.78, 5) is 0. The molecular formula is C11H14O. The van der Waals surface area contributed by atoms with E-state index in [1.807, 2.05) is 0 Å². The van der Waals surface area contributed by atoms with Crippen molar-refractivity contribution < 1.29 is 4.74 Å². The normalized spacial score (nSPS) is 27.2. The Morgan fingerprint density at radius 3 is 2.75 bits per heavy atom. The van der Waals surface area contributed by atoms with Gasteiger partial charge in [0, 0.05) is 13.0 Å². The van der Waals surface area contributed by atoms with Crippen molar-refractivity contribution in [3.8, 4) is 0 Å². The predicted molar refractivity (Wildman–Crippen MR) is 49.4 cm³/mol. The monoisotopic (exact) mass is 162 g/mol. The van der Waals surface area contributed by atoms with Crippen LogP contribution in [0.5, 0.6) is 0 Å². The van der Waals surface area contributed by atoms with Gasteiger partial charge in [0.2, 0.25) is 0 Å². The second-order valence-electron chi connectivity index (χ2n) is 3.47. The number of ether oxygens (including phenoxy) is 1. The summed E-state index contributed by atoms with van der Waals surface area (Å²) in [5.74, 6) is 0.561. The zero-order chi connectivity index (χ0) is 8.55. The molecule has 0 heterocycles. The Bertz CT molecular complexity index is 280.